The van der Waals surface area contributed by atoms with Crippen molar-refractivity contribution in [2.45, 2.75) is 11.4 Å². The van der Waals surface area contributed by atoms with Gasteiger partial charge in [0.05, 0.1) is 26.7 Å². The highest BCUT2D eigenvalue weighted by Gasteiger charge is 2.31. The number of aliphatic carboxylic acids is 1. The van der Waals surface area contributed by atoms with Gasteiger partial charge in [0.15, 0.2) is 11.5 Å². The van der Waals surface area contributed by atoms with Crippen LogP contribution in [-0.2, 0) is 4.79 Å². The second-order valence-electron chi connectivity index (χ2n) is 4.23. The van der Waals surface area contributed by atoms with E-state index in [2.05, 4.69) is 5.32 Å². The van der Waals surface area contributed by atoms with Crippen LogP contribution in [0, 0.1) is 0 Å². The maximum absolute atomic E-state index is 11.0. The van der Waals surface area contributed by atoms with Crippen LogP contribution in [0.25, 0.3) is 0 Å². The summed E-state index contributed by atoms with van der Waals surface area (Å²) < 4.78 is 15.9. The molecule has 0 amide bonds. The van der Waals surface area contributed by atoms with E-state index in [1.807, 2.05) is 12.1 Å². The molecule has 0 aromatic heterocycles. The zero-order chi connectivity index (χ0) is 14.7. The lowest BCUT2D eigenvalue weighted by Gasteiger charge is -2.17. The van der Waals surface area contributed by atoms with Crippen molar-refractivity contribution in [2.24, 2.45) is 0 Å². The number of carboxylic acid groups (broad SMARTS) is 1. The SMILES string of the molecule is COc1cc(C2N[C@@H](C(=O)O)CS2)cc(OC)c1OC. The van der Waals surface area contributed by atoms with Crippen molar-refractivity contribution in [1.29, 1.82) is 0 Å². The molecule has 1 aromatic carbocycles. The molecule has 1 aliphatic rings. The quantitative estimate of drug-likeness (QED) is 0.853. The predicted molar refractivity (Wildman–Crippen MR) is 75.9 cm³/mol. The Morgan fingerprint density at radius 2 is 1.85 bits per heavy atom. The summed E-state index contributed by atoms with van der Waals surface area (Å²) in [5, 5.41) is 12.0. The van der Waals surface area contributed by atoms with E-state index in [1.165, 1.54) is 11.8 Å². The topological polar surface area (TPSA) is 77.0 Å². The molecule has 0 aliphatic carbocycles. The van der Waals surface area contributed by atoms with Crippen LogP contribution in [0.1, 0.15) is 10.9 Å². The first-order valence-corrected chi connectivity index (χ1v) is 7.06. The molecule has 0 saturated carbocycles. The second kappa shape index (κ2) is 6.23. The van der Waals surface area contributed by atoms with Crippen LogP contribution in [0.2, 0.25) is 0 Å². The van der Waals surface area contributed by atoms with Crippen molar-refractivity contribution in [3.8, 4) is 17.2 Å². The number of thioether (sulfide) groups is 1. The number of nitrogens with one attached hydrogen (secondary N) is 1. The number of carboxylic acids is 1. The van der Waals surface area contributed by atoms with Crippen LogP contribution in [0.4, 0.5) is 0 Å². The maximum Gasteiger partial charge on any atom is 0.321 e. The van der Waals surface area contributed by atoms with Crippen LogP contribution < -0.4 is 19.5 Å². The van der Waals surface area contributed by atoms with Gasteiger partial charge in [-0.3, -0.25) is 10.1 Å². The normalized spacial score (nSPS) is 21.6. The highest BCUT2D eigenvalue weighted by molar-refractivity contribution is 7.99. The van der Waals surface area contributed by atoms with Gasteiger partial charge >= 0.3 is 5.97 Å². The third-order valence-corrected chi connectivity index (χ3v) is 4.34. The molecular formula is C13H17NO5S. The largest absolute Gasteiger partial charge is 0.493 e. The molecule has 1 saturated heterocycles. The summed E-state index contributed by atoms with van der Waals surface area (Å²) in [7, 11) is 4.65. The van der Waals surface area contributed by atoms with Crippen LogP contribution in [0.15, 0.2) is 12.1 Å². The summed E-state index contributed by atoms with van der Waals surface area (Å²) >= 11 is 1.54. The molecule has 0 spiro atoms. The lowest BCUT2D eigenvalue weighted by molar-refractivity contribution is -0.138. The summed E-state index contributed by atoms with van der Waals surface area (Å²) in [5.74, 6) is 1.33. The van der Waals surface area contributed by atoms with Crippen molar-refractivity contribution in [3.63, 3.8) is 0 Å². The minimum absolute atomic E-state index is 0.107. The number of carbonyl (C=O) groups is 1. The highest BCUT2D eigenvalue weighted by Crippen LogP contribution is 2.43. The first kappa shape index (κ1) is 14.8. The standard InChI is InChI=1S/C13H17NO5S/c1-17-9-4-7(5-10(18-2)11(9)19-3)12-14-8(6-20-12)13(15)16/h4-5,8,12,14H,6H2,1-3H3,(H,15,16)/t8-,12?/m1/s1. The smallest absolute Gasteiger partial charge is 0.321 e. The predicted octanol–water partition coefficient (Wildman–Crippen LogP) is 1.50. The molecule has 0 bridgehead atoms. The van der Waals surface area contributed by atoms with Crippen molar-refractivity contribution < 1.29 is 24.1 Å². The highest BCUT2D eigenvalue weighted by atomic mass is 32.2. The molecule has 7 heteroatoms. The molecule has 1 aromatic rings. The molecule has 1 unspecified atom stereocenters. The van der Waals surface area contributed by atoms with Crippen LogP contribution in [0.5, 0.6) is 17.2 Å². The fourth-order valence-corrected chi connectivity index (χ4v) is 3.27. The fraction of sp³-hybridized carbons (Fsp3) is 0.462. The molecule has 6 nitrogen and oxygen atoms in total. The molecule has 2 N–H and O–H groups in total. The van der Waals surface area contributed by atoms with Gasteiger partial charge in [-0.15, -0.1) is 11.8 Å². The van der Waals surface area contributed by atoms with Gasteiger partial charge in [0, 0.05) is 5.75 Å². The zero-order valence-corrected chi connectivity index (χ0v) is 12.3. The first-order valence-electron chi connectivity index (χ1n) is 6.01. The monoisotopic (exact) mass is 299 g/mol. The zero-order valence-electron chi connectivity index (χ0n) is 11.5. The average molecular weight is 299 g/mol. The van der Waals surface area contributed by atoms with E-state index < -0.39 is 12.0 Å². The Kier molecular flexibility index (Phi) is 4.61. The molecule has 2 rings (SSSR count). The average Bonchev–Trinajstić information content (AvgIpc) is 2.95. The Hall–Kier alpha value is -1.60. The van der Waals surface area contributed by atoms with Crippen molar-refractivity contribution >= 4 is 17.7 Å². The molecule has 1 aliphatic heterocycles. The Morgan fingerprint density at radius 1 is 1.25 bits per heavy atom. The van der Waals surface area contributed by atoms with Crippen LogP contribution >= 0.6 is 11.8 Å². The van der Waals surface area contributed by atoms with Crippen molar-refractivity contribution in [1.82, 2.24) is 5.32 Å². The Morgan fingerprint density at radius 3 is 2.25 bits per heavy atom. The van der Waals surface area contributed by atoms with Gasteiger partial charge in [-0.2, -0.15) is 0 Å². The molecule has 1 heterocycles. The Labute approximate surface area is 121 Å². The van der Waals surface area contributed by atoms with Gasteiger partial charge < -0.3 is 19.3 Å². The summed E-state index contributed by atoms with van der Waals surface area (Å²) in [6.45, 7) is 0. The van der Waals surface area contributed by atoms with E-state index in [-0.39, 0.29) is 5.37 Å². The summed E-state index contributed by atoms with van der Waals surface area (Å²) in [4.78, 5) is 11.0. The van der Waals surface area contributed by atoms with E-state index in [9.17, 15) is 4.79 Å². The third-order valence-electron chi connectivity index (χ3n) is 3.07. The molecule has 20 heavy (non-hydrogen) atoms. The summed E-state index contributed by atoms with van der Waals surface area (Å²) in [5.41, 5.74) is 0.897. The lowest BCUT2D eigenvalue weighted by atomic mass is 10.1. The molecular weight excluding hydrogens is 282 g/mol. The van der Waals surface area contributed by atoms with Gasteiger partial charge in [-0.25, -0.2) is 0 Å². The summed E-state index contributed by atoms with van der Waals surface area (Å²) in [6, 6.07) is 3.12. The lowest BCUT2D eigenvalue weighted by Crippen LogP contribution is -2.33. The van der Waals surface area contributed by atoms with Crippen molar-refractivity contribution in [2.75, 3.05) is 27.1 Å². The van der Waals surface area contributed by atoms with Crippen LogP contribution in [0.3, 0.4) is 0 Å². The number of hydrogen-bond donors (Lipinski definition) is 2. The van der Waals surface area contributed by atoms with Gasteiger partial charge in [-0.05, 0) is 17.7 Å². The first-order chi connectivity index (χ1) is 9.60. The number of ether oxygens (including phenoxy) is 3. The van der Waals surface area contributed by atoms with Crippen molar-refractivity contribution in [3.05, 3.63) is 17.7 Å². The van der Waals surface area contributed by atoms with Gasteiger partial charge in [0.25, 0.3) is 0 Å². The van der Waals surface area contributed by atoms with E-state index in [4.69, 9.17) is 19.3 Å². The fourth-order valence-electron chi connectivity index (χ4n) is 2.06. The van der Waals surface area contributed by atoms with Gasteiger partial charge in [0.2, 0.25) is 5.75 Å². The van der Waals surface area contributed by atoms with Gasteiger partial charge in [0.1, 0.15) is 6.04 Å². The number of rotatable bonds is 5. The molecule has 0 radical (unpaired) electrons. The molecule has 1 fully saturated rings. The number of methoxy groups -OCH3 is 3. The second-order valence-corrected chi connectivity index (χ2v) is 5.37. The van der Waals surface area contributed by atoms with E-state index >= 15 is 0 Å². The summed E-state index contributed by atoms with van der Waals surface area (Å²) in [6.07, 6.45) is 0. The van der Waals surface area contributed by atoms with Gasteiger partial charge in [-0.1, -0.05) is 0 Å². The van der Waals surface area contributed by atoms with E-state index in [0.29, 0.717) is 23.0 Å². The van der Waals surface area contributed by atoms with E-state index in [1.54, 1.807) is 21.3 Å². The minimum atomic E-state index is -0.840. The Bertz CT molecular complexity index is 483. The van der Waals surface area contributed by atoms with E-state index in [0.717, 1.165) is 5.56 Å². The number of benzene rings is 1. The third kappa shape index (κ3) is 2.78. The Balaban J connectivity index is 2.31. The minimum Gasteiger partial charge on any atom is -0.493 e. The maximum atomic E-state index is 11.0. The molecule has 2 atom stereocenters. The number of hydrogen-bond acceptors (Lipinski definition) is 6. The molecule has 110 valence electrons. The van der Waals surface area contributed by atoms with Crippen LogP contribution in [-0.4, -0.2) is 44.2 Å².